The highest BCUT2D eigenvalue weighted by molar-refractivity contribution is 5.54. The molecule has 0 fully saturated rings. The number of rotatable bonds is 8. The Labute approximate surface area is 182 Å². The van der Waals surface area contributed by atoms with Gasteiger partial charge in [0, 0.05) is 16.9 Å². The van der Waals surface area contributed by atoms with Gasteiger partial charge in [0.25, 0.3) is 0 Å². The van der Waals surface area contributed by atoms with E-state index in [0.717, 1.165) is 18.4 Å². The maximum absolute atomic E-state index is 6.21. The predicted octanol–water partition coefficient (Wildman–Crippen LogP) is 7.69. The van der Waals surface area contributed by atoms with Crippen molar-refractivity contribution < 1.29 is 0 Å². The largest absolute Gasteiger partial charge is 0.115 e. The van der Waals surface area contributed by atoms with Crippen LogP contribution in [0, 0.1) is 12.3 Å². The van der Waals surface area contributed by atoms with Crippen molar-refractivity contribution in [2.75, 3.05) is 0 Å². The van der Waals surface area contributed by atoms with Crippen LogP contribution < -0.4 is 0 Å². The Kier molecular flexibility index (Phi) is 7.47. The predicted molar refractivity (Wildman–Crippen MR) is 129 cm³/mol. The minimum Gasteiger partial charge on any atom is -0.115 e. The van der Waals surface area contributed by atoms with Gasteiger partial charge in [0.05, 0.1) is 0 Å². The van der Waals surface area contributed by atoms with Crippen LogP contribution in [0.4, 0.5) is 0 Å². The summed E-state index contributed by atoms with van der Waals surface area (Å²) in [4.78, 5) is 0. The zero-order valence-corrected chi connectivity index (χ0v) is 18.0. The molecule has 0 aromatic heterocycles. The molecular formula is C30H30. The Hall–Kier alpha value is -3.30. The quantitative estimate of drug-likeness (QED) is 0.273. The molecule has 3 aromatic carbocycles. The summed E-state index contributed by atoms with van der Waals surface area (Å²) in [6.45, 7) is 4.27. The molecule has 150 valence electrons. The van der Waals surface area contributed by atoms with E-state index in [4.69, 9.17) is 6.42 Å². The fraction of sp³-hybridized carbons (Fsp3) is 0.200. The first kappa shape index (κ1) is 21.4. The third-order valence-corrected chi connectivity index (χ3v) is 5.78. The van der Waals surface area contributed by atoms with Gasteiger partial charge in [-0.25, -0.2) is 0 Å². The lowest BCUT2D eigenvalue weighted by atomic mass is 9.59. The summed E-state index contributed by atoms with van der Waals surface area (Å²) in [6.07, 6.45) is 14.4. The summed E-state index contributed by atoms with van der Waals surface area (Å²) in [6, 6.07) is 32.4. The van der Waals surface area contributed by atoms with Crippen LogP contribution in [0.1, 0.15) is 49.3 Å². The van der Waals surface area contributed by atoms with Gasteiger partial charge >= 0.3 is 0 Å². The lowest BCUT2D eigenvalue weighted by molar-refractivity contribution is 0.415. The fourth-order valence-corrected chi connectivity index (χ4v) is 4.60. The second kappa shape index (κ2) is 10.5. The molecule has 3 rings (SSSR count). The monoisotopic (exact) mass is 390 g/mol. The Morgan fingerprint density at radius 3 is 1.80 bits per heavy atom. The molecule has 0 N–H and O–H groups in total. The van der Waals surface area contributed by atoms with Gasteiger partial charge in [0.2, 0.25) is 0 Å². The Morgan fingerprint density at radius 1 is 0.867 bits per heavy atom. The Bertz CT molecular complexity index is 964. The molecular weight excluding hydrogens is 360 g/mol. The zero-order valence-electron chi connectivity index (χ0n) is 18.0. The highest BCUT2D eigenvalue weighted by Gasteiger charge is 2.43. The van der Waals surface area contributed by atoms with Crippen molar-refractivity contribution in [2.24, 2.45) is 0 Å². The van der Waals surface area contributed by atoms with Crippen LogP contribution in [0.25, 0.3) is 0 Å². The third-order valence-electron chi connectivity index (χ3n) is 5.78. The van der Waals surface area contributed by atoms with Gasteiger partial charge in [-0.2, -0.15) is 0 Å². The Morgan fingerprint density at radius 2 is 1.37 bits per heavy atom. The normalized spacial score (nSPS) is 13.9. The summed E-state index contributed by atoms with van der Waals surface area (Å²) < 4.78 is 0. The molecule has 0 spiro atoms. The summed E-state index contributed by atoms with van der Waals surface area (Å²) in [5.41, 5.74) is 4.50. The van der Waals surface area contributed by atoms with Crippen molar-refractivity contribution in [1.82, 2.24) is 0 Å². The molecule has 0 heterocycles. The van der Waals surface area contributed by atoms with Crippen molar-refractivity contribution >= 4 is 0 Å². The van der Waals surface area contributed by atoms with Crippen LogP contribution in [0.3, 0.4) is 0 Å². The zero-order chi connectivity index (χ0) is 21.2. The van der Waals surface area contributed by atoms with Crippen molar-refractivity contribution in [1.29, 1.82) is 0 Å². The molecule has 30 heavy (non-hydrogen) atoms. The number of hydrogen-bond donors (Lipinski definition) is 0. The van der Waals surface area contributed by atoms with Gasteiger partial charge in [-0.3, -0.25) is 0 Å². The molecule has 0 bridgehead atoms. The molecule has 0 saturated heterocycles. The minimum absolute atomic E-state index is 0.106. The topological polar surface area (TPSA) is 0 Å². The maximum atomic E-state index is 6.21. The van der Waals surface area contributed by atoms with E-state index in [-0.39, 0.29) is 11.3 Å². The van der Waals surface area contributed by atoms with Gasteiger partial charge in [-0.05, 0) is 30.0 Å². The van der Waals surface area contributed by atoms with E-state index in [1.165, 1.54) is 16.7 Å². The smallest absolute Gasteiger partial charge is 0.0391 e. The van der Waals surface area contributed by atoms with E-state index >= 15 is 0 Å². The van der Waals surface area contributed by atoms with Crippen LogP contribution in [0.2, 0.25) is 0 Å². The molecule has 1 atom stereocenters. The average molecular weight is 391 g/mol. The van der Waals surface area contributed by atoms with Crippen LogP contribution in [-0.4, -0.2) is 0 Å². The molecule has 1 unspecified atom stereocenters. The van der Waals surface area contributed by atoms with Gasteiger partial charge in [0.1, 0.15) is 0 Å². The van der Waals surface area contributed by atoms with E-state index < -0.39 is 0 Å². The summed E-state index contributed by atoms with van der Waals surface area (Å²) in [5, 5.41) is 0. The van der Waals surface area contributed by atoms with Crippen molar-refractivity contribution in [3.63, 3.8) is 0 Å². The molecule has 0 aliphatic heterocycles. The minimum atomic E-state index is -0.340. The van der Waals surface area contributed by atoms with Crippen molar-refractivity contribution in [2.45, 2.75) is 38.0 Å². The third kappa shape index (κ3) is 4.32. The molecule has 0 aliphatic rings. The molecule has 0 aliphatic carbocycles. The summed E-state index contributed by atoms with van der Waals surface area (Å²) in [5.74, 6) is 3.20. The maximum Gasteiger partial charge on any atom is 0.0391 e. The van der Waals surface area contributed by atoms with E-state index in [1.54, 1.807) is 0 Å². The highest BCUT2D eigenvalue weighted by Crippen LogP contribution is 2.51. The van der Waals surface area contributed by atoms with Crippen molar-refractivity contribution in [3.05, 3.63) is 131 Å². The molecule has 0 radical (unpaired) electrons. The van der Waals surface area contributed by atoms with E-state index in [0.29, 0.717) is 0 Å². The lowest BCUT2D eigenvalue weighted by Gasteiger charge is -2.43. The second-order valence-electron chi connectivity index (χ2n) is 7.59. The molecule has 0 amide bonds. The van der Waals surface area contributed by atoms with E-state index in [9.17, 15) is 0 Å². The van der Waals surface area contributed by atoms with E-state index in [2.05, 4.69) is 116 Å². The number of hydrogen-bond acceptors (Lipinski definition) is 0. The van der Waals surface area contributed by atoms with Crippen LogP contribution in [0.5, 0.6) is 0 Å². The van der Waals surface area contributed by atoms with E-state index in [1.807, 2.05) is 13.0 Å². The standard InChI is InChI=1S/C30H30/c1-4-7-21-27(6-3)30(24-5-2,28-22-15-10-16-23-28)29(25-17-11-8-12-18-25)26-19-13-9-14-20-26/h3-4,7-23,29H,5,24H2,1-2H3. The molecule has 0 nitrogen and oxygen atoms in total. The number of allylic oxidation sites excluding steroid dienone is 4. The summed E-state index contributed by atoms with van der Waals surface area (Å²) in [7, 11) is 0. The Balaban J connectivity index is 2.42. The van der Waals surface area contributed by atoms with Crippen molar-refractivity contribution in [3.8, 4) is 12.3 Å². The number of terminal acetylenes is 1. The SMILES string of the molecule is C#CC(=CC=CC)C(CCC)(c1ccccc1)C(c1ccccc1)c1ccccc1. The van der Waals surface area contributed by atoms with Crippen LogP contribution in [-0.2, 0) is 5.41 Å². The fourth-order valence-electron chi connectivity index (χ4n) is 4.60. The van der Waals surface area contributed by atoms with Gasteiger partial charge < -0.3 is 0 Å². The first-order valence-electron chi connectivity index (χ1n) is 10.7. The van der Waals surface area contributed by atoms with Gasteiger partial charge in [0.15, 0.2) is 0 Å². The highest BCUT2D eigenvalue weighted by atomic mass is 14.4. The second-order valence-corrected chi connectivity index (χ2v) is 7.59. The van der Waals surface area contributed by atoms with Gasteiger partial charge in [-0.1, -0.05) is 128 Å². The first-order valence-corrected chi connectivity index (χ1v) is 10.7. The average Bonchev–Trinajstić information content (AvgIpc) is 2.81. The molecule has 3 aromatic rings. The number of benzene rings is 3. The lowest BCUT2D eigenvalue weighted by Crippen LogP contribution is -2.36. The van der Waals surface area contributed by atoms with Crippen LogP contribution >= 0.6 is 0 Å². The molecule has 0 heteroatoms. The summed E-state index contributed by atoms with van der Waals surface area (Å²) >= 11 is 0. The van der Waals surface area contributed by atoms with Crippen LogP contribution in [0.15, 0.2) is 115 Å². The van der Waals surface area contributed by atoms with Gasteiger partial charge in [-0.15, -0.1) is 6.42 Å². The first-order chi connectivity index (χ1) is 14.8. The molecule has 0 saturated carbocycles.